The second-order valence-corrected chi connectivity index (χ2v) is 7.82. The summed E-state index contributed by atoms with van der Waals surface area (Å²) in [7, 11) is 1.36. The summed E-state index contributed by atoms with van der Waals surface area (Å²) in [5.74, 6) is -0.253. The molecule has 1 heterocycles. The number of nitrogens with one attached hydrogen (secondary N) is 2. The number of carbonyl (C=O) groups excluding carboxylic acids is 2. The summed E-state index contributed by atoms with van der Waals surface area (Å²) in [5.41, 5.74) is 1.94. The Kier molecular flexibility index (Phi) is 6.64. The van der Waals surface area contributed by atoms with Crippen LogP contribution in [-0.2, 0) is 17.6 Å². The molecule has 148 valence electrons. The average Bonchev–Trinajstić information content (AvgIpc) is 3.26. The molecule has 0 aliphatic heterocycles. The molecule has 8 heteroatoms. The number of aryl methyl sites for hydroxylation is 1. The van der Waals surface area contributed by atoms with Crippen molar-refractivity contribution in [3.63, 3.8) is 0 Å². The highest BCUT2D eigenvalue weighted by Crippen LogP contribution is 2.39. The highest BCUT2D eigenvalue weighted by atomic mass is 32.1. The number of amides is 1. The second kappa shape index (κ2) is 9.16. The molecule has 1 aromatic heterocycles. The number of hydrogen-bond donors (Lipinski definition) is 2. The standard InChI is InChI=1S/C20H22N2O4S2/c1-3-11-26-14-9-5-4-7-12(14)17(23)21-20(27)22-18-16(19(24)25-2)13-8-6-10-15(13)28-18/h4-5,7,9H,3,6,8,10-11H2,1-2H3,(H2,21,22,23,27). The van der Waals surface area contributed by atoms with Gasteiger partial charge in [0.2, 0.25) is 0 Å². The van der Waals surface area contributed by atoms with E-state index in [1.54, 1.807) is 18.2 Å². The number of rotatable bonds is 6. The molecule has 1 aliphatic carbocycles. The topological polar surface area (TPSA) is 76.7 Å². The zero-order valence-corrected chi connectivity index (χ0v) is 17.4. The Labute approximate surface area is 173 Å². The second-order valence-electron chi connectivity index (χ2n) is 6.31. The van der Waals surface area contributed by atoms with Crippen LogP contribution in [0.25, 0.3) is 0 Å². The normalized spacial score (nSPS) is 12.2. The number of thiophene rings is 1. The molecule has 1 amide bonds. The van der Waals surface area contributed by atoms with Crippen LogP contribution in [0.4, 0.5) is 5.00 Å². The van der Waals surface area contributed by atoms with Gasteiger partial charge in [-0.3, -0.25) is 10.1 Å². The van der Waals surface area contributed by atoms with E-state index in [9.17, 15) is 9.59 Å². The number of anilines is 1. The fourth-order valence-corrected chi connectivity index (χ4v) is 4.65. The molecule has 2 aromatic rings. The van der Waals surface area contributed by atoms with Crippen molar-refractivity contribution < 1.29 is 19.1 Å². The summed E-state index contributed by atoms with van der Waals surface area (Å²) in [6, 6.07) is 7.01. The number of carbonyl (C=O) groups is 2. The molecule has 3 rings (SSSR count). The smallest absolute Gasteiger partial charge is 0.341 e. The summed E-state index contributed by atoms with van der Waals surface area (Å²) in [5, 5.41) is 6.40. The molecule has 0 saturated heterocycles. The predicted molar refractivity (Wildman–Crippen MR) is 114 cm³/mol. The Balaban J connectivity index is 1.73. The number of methoxy groups -OCH3 is 1. The molecule has 0 radical (unpaired) electrons. The van der Waals surface area contributed by atoms with Crippen LogP contribution in [0.1, 0.15) is 50.9 Å². The van der Waals surface area contributed by atoms with E-state index in [1.165, 1.54) is 18.4 Å². The minimum Gasteiger partial charge on any atom is -0.493 e. The molecular formula is C20H22N2O4S2. The van der Waals surface area contributed by atoms with Crippen LogP contribution in [0.15, 0.2) is 24.3 Å². The van der Waals surface area contributed by atoms with E-state index >= 15 is 0 Å². The highest BCUT2D eigenvalue weighted by Gasteiger charge is 2.27. The van der Waals surface area contributed by atoms with Crippen molar-refractivity contribution in [2.75, 3.05) is 19.0 Å². The van der Waals surface area contributed by atoms with Gasteiger partial charge in [-0.05, 0) is 55.6 Å². The lowest BCUT2D eigenvalue weighted by molar-refractivity contribution is 0.0601. The molecule has 0 atom stereocenters. The summed E-state index contributed by atoms with van der Waals surface area (Å²) < 4.78 is 10.6. The minimum absolute atomic E-state index is 0.125. The maximum Gasteiger partial charge on any atom is 0.341 e. The van der Waals surface area contributed by atoms with Gasteiger partial charge in [-0.1, -0.05) is 19.1 Å². The van der Waals surface area contributed by atoms with E-state index in [2.05, 4.69) is 10.6 Å². The van der Waals surface area contributed by atoms with Crippen molar-refractivity contribution in [2.45, 2.75) is 32.6 Å². The Hall–Kier alpha value is -2.45. The summed E-state index contributed by atoms with van der Waals surface area (Å²) in [6.07, 6.45) is 3.66. The molecule has 0 spiro atoms. The van der Waals surface area contributed by atoms with Crippen LogP contribution < -0.4 is 15.4 Å². The van der Waals surface area contributed by atoms with Crippen molar-refractivity contribution in [3.8, 4) is 5.75 Å². The third kappa shape index (κ3) is 4.34. The molecule has 1 aliphatic rings. The van der Waals surface area contributed by atoms with Gasteiger partial charge in [0.05, 0.1) is 24.8 Å². The summed E-state index contributed by atoms with van der Waals surface area (Å²) >= 11 is 6.79. The van der Waals surface area contributed by atoms with Gasteiger partial charge in [0, 0.05) is 4.88 Å². The van der Waals surface area contributed by atoms with Gasteiger partial charge in [-0.15, -0.1) is 11.3 Å². The van der Waals surface area contributed by atoms with Crippen molar-refractivity contribution in [2.24, 2.45) is 0 Å². The van der Waals surface area contributed by atoms with E-state index in [0.29, 0.717) is 28.5 Å². The number of benzene rings is 1. The van der Waals surface area contributed by atoms with E-state index in [0.717, 1.165) is 36.1 Å². The van der Waals surface area contributed by atoms with Crippen molar-refractivity contribution in [3.05, 3.63) is 45.8 Å². The average molecular weight is 419 g/mol. The number of thiocarbonyl (C=S) groups is 1. The van der Waals surface area contributed by atoms with Gasteiger partial charge < -0.3 is 14.8 Å². The lowest BCUT2D eigenvalue weighted by atomic mass is 10.1. The van der Waals surface area contributed by atoms with E-state index in [4.69, 9.17) is 21.7 Å². The van der Waals surface area contributed by atoms with Crippen LogP contribution in [0.5, 0.6) is 5.75 Å². The first-order chi connectivity index (χ1) is 13.5. The fraction of sp³-hybridized carbons (Fsp3) is 0.350. The van der Waals surface area contributed by atoms with Gasteiger partial charge in [0.15, 0.2) is 5.11 Å². The lowest BCUT2D eigenvalue weighted by Crippen LogP contribution is -2.34. The number of para-hydroxylation sites is 1. The maximum absolute atomic E-state index is 12.6. The molecule has 28 heavy (non-hydrogen) atoms. The van der Waals surface area contributed by atoms with E-state index < -0.39 is 5.97 Å². The van der Waals surface area contributed by atoms with Crippen molar-refractivity contribution >= 4 is 45.5 Å². The van der Waals surface area contributed by atoms with Crippen LogP contribution in [0, 0.1) is 0 Å². The van der Waals surface area contributed by atoms with Crippen molar-refractivity contribution in [1.82, 2.24) is 5.32 Å². The molecule has 0 saturated carbocycles. The fourth-order valence-electron chi connectivity index (χ4n) is 3.11. The first-order valence-corrected chi connectivity index (χ1v) is 10.3. The van der Waals surface area contributed by atoms with Crippen LogP contribution >= 0.6 is 23.6 Å². The van der Waals surface area contributed by atoms with E-state index in [-0.39, 0.29) is 11.0 Å². The maximum atomic E-state index is 12.6. The largest absolute Gasteiger partial charge is 0.493 e. The molecule has 6 nitrogen and oxygen atoms in total. The Morgan fingerprint density at radius 3 is 2.79 bits per heavy atom. The molecule has 2 N–H and O–H groups in total. The monoisotopic (exact) mass is 418 g/mol. The Morgan fingerprint density at radius 2 is 2.04 bits per heavy atom. The van der Waals surface area contributed by atoms with E-state index in [1.807, 2.05) is 13.0 Å². The Morgan fingerprint density at radius 1 is 1.25 bits per heavy atom. The minimum atomic E-state index is -0.394. The van der Waals surface area contributed by atoms with Gasteiger partial charge in [-0.2, -0.15) is 0 Å². The zero-order chi connectivity index (χ0) is 20.1. The molecule has 0 bridgehead atoms. The van der Waals surface area contributed by atoms with Gasteiger partial charge in [-0.25, -0.2) is 4.79 Å². The van der Waals surface area contributed by atoms with Crippen molar-refractivity contribution in [1.29, 1.82) is 0 Å². The number of fused-ring (bicyclic) bond motifs is 1. The van der Waals surface area contributed by atoms with Crippen LogP contribution in [-0.4, -0.2) is 30.7 Å². The predicted octanol–water partition coefficient (Wildman–Crippen LogP) is 3.94. The first-order valence-electron chi connectivity index (χ1n) is 9.12. The molecule has 0 fully saturated rings. The number of ether oxygens (including phenoxy) is 2. The first kappa shape index (κ1) is 20.3. The van der Waals surface area contributed by atoms with Crippen LogP contribution in [0.2, 0.25) is 0 Å². The molecular weight excluding hydrogens is 396 g/mol. The van der Waals surface area contributed by atoms with Gasteiger partial charge in [0.1, 0.15) is 10.8 Å². The van der Waals surface area contributed by atoms with Gasteiger partial charge >= 0.3 is 5.97 Å². The van der Waals surface area contributed by atoms with Crippen LogP contribution in [0.3, 0.4) is 0 Å². The SMILES string of the molecule is CCCOc1ccccc1C(=O)NC(=S)Nc1sc2c(c1C(=O)OC)CCC2. The highest BCUT2D eigenvalue weighted by molar-refractivity contribution is 7.80. The zero-order valence-electron chi connectivity index (χ0n) is 15.8. The third-order valence-corrected chi connectivity index (χ3v) is 5.77. The van der Waals surface area contributed by atoms with Gasteiger partial charge in [0.25, 0.3) is 5.91 Å². The molecule has 0 unspecified atom stereocenters. The lowest BCUT2D eigenvalue weighted by Gasteiger charge is -2.13. The summed E-state index contributed by atoms with van der Waals surface area (Å²) in [4.78, 5) is 26.0. The third-order valence-electron chi connectivity index (χ3n) is 4.36. The summed E-state index contributed by atoms with van der Waals surface area (Å²) in [6.45, 7) is 2.52. The number of esters is 1. The quantitative estimate of drug-likeness (QED) is 0.547. The number of hydrogen-bond acceptors (Lipinski definition) is 6. The molecule has 1 aromatic carbocycles. The Bertz CT molecular complexity index is 908.